The van der Waals surface area contributed by atoms with Crippen molar-refractivity contribution >= 4 is 16.7 Å². The molecule has 0 spiro atoms. The van der Waals surface area contributed by atoms with Crippen LogP contribution in [0.15, 0.2) is 51.7 Å². The van der Waals surface area contributed by atoms with Gasteiger partial charge in [-0.15, -0.1) is 0 Å². The molecule has 0 bridgehead atoms. The molecule has 3 aromatic rings. The van der Waals surface area contributed by atoms with Gasteiger partial charge in [-0.1, -0.05) is 18.2 Å². The lowest BCUT2D eigenvalue weighted by Gasteiger charge is -2.21. The lowest BCUT2D eigenvalue weighted by molar-refractivity contribution is 0.0322. The van der Waals surface area contributed by atoms with Crippen LogP contribution < -0.4 is 10.9 Å². The van der Waals surface area contributed by atoms with Crippen molar-refractivity contribution in [3.63, 3.8) is 0 Å². The highest BCUT2D eigenvalue weighted by Crippen LogP contribution is 2.22. The molecular weight excluding hydrogens is 308 g/mol. The molecule has 0 aliphatic carbocycles. The SMILES string of the molecule is Cc1ccc([C@@](C)(O)CNC(=O)c2cc3ccccc3c(=O)[nH]2)o1. The van der Waals surface area contributed by atoms with E-state index in [4.69, 9.17) is 4.42 Å². The number of amides is 1. The number of carbonyl (C=O) groups is 1. The van der Waals surface area contributed by atoms with Gasteiger partial charge < -0.3 is 19.8 Å². The summed E-state index contributed by atoms with van der Waals surface area (Å²) in [5, 5.41) is 14.3. The summed E-state index contributed by atoms with van der Waals surface area (Å²) < 4.78 is 5.40. The third kappa shape index (κ3) is 3.09. The second-order valence-corrected chi connectivity index (χ2v) is 5.97. The van der Waals surface area contributed by atoms with E-state index in [0.717, 1.165) is 0 Å². The van der Waals surface area contributed by atoms with Gasteiger partial charge >= 0.3 is 0 Å². The summed E-state index contributed by atoms with van der Waals surface area (Å²) in [6.45, 7) is 3.28. The number of aromatic amines is 1. The monoisotopic (exact) mass is 326 g/mol. The van der Waals surface area contributed by atoms with Crippen molar-refractivity contribution in [3.8, 4) is 0 Å². The van der Waals surface area contributed by atoms with Gasteiger partial charge in [-0.2, -0.15) is 0 Å². The molecule has 0 aliphatic rings. The number of pyridine rings is 1. The largest absolute Gasteiger partial charge is 0.463 e. The predicted octanol–water partition coefficient (Wildman–Crippen LogP) is 2.07. The summed E-state index contributed by atoms with van der Waals surface area (Å²) in [4.78, 5) is 26.9. The number of aromatic nitrogens is 1. The van der Waals surface area contributed by atoms with E-state index in [2.05, 4.69) is 10.3 Å². The highest BCUT2D eigenvalue weighted by atomic mass is 16.4. The van der Waals surface area contributed by atoms with Gasteiger partial charge in [-0.3, -0.25) is 9.59 Å². The lowest BCUT2D eigenvalue weighted by atomic mass is 10.0. The zero-order valence-corrected chi connectivity index (χ0v) is 13.4. The third-order valence-corrected chi connectivity index (χ3v) is 3.86. The fraction of sp³-hybridized carbons (Fsp3) is 0.222. The minimum absolute atomic E-state index is 0.0480. The summed E-state index contributed by atoms with van der Waals surface area (Å²) in [6, 6.07) is 12.0. The summed E-state index contributed by atoms with van der Waals surface area (Å²) in [5.74, 6) is 0.573. The average molecular weight is 326 g/mol. The van der Waals surface area contributed by atoms with Crippen LogP contribution in [0, 0.1) is 6.92 Å². The molecular formula is C18H18N2O4. The van der Waals surface area contributed by atoms with Crippen LogP contribution in [-0.2, 0) is 5.60 Å². The molecule has 0 saturated heterocycles. The van der Waals surface area contributed by atoms with Gasteiger partial charge in [0, 0.05) is 5.39 Å². The molecule has 0 radical (unpaired) electrons. The van der Waals surface area contributed by atoms with Gasteiger partial charge in [0.1, 0.15) is 22.8 Å². The molecule has 24 heavy (non-hydrogen) atoms. The van der Waals surface area contributed by atoms with Gasteiger partial charge in [0.2, 0.25) is 0 Å². The molecule has 0 fully saturated rings. The maximum atomic E-state index is 12.3. The molecule has 0 aliphatic heterocycles. The van der Waals surface area contributed by atoms with Crippen molar-refractivity contribution in [1.82, 2.24) is 10.3 Å². The number of nitrogens with one attached hydrogen (secondary N) is 2. The van der Waals surface area contributed by atoms with E-state index in [9.17, 15) is 14.7 Å². The zero-order valence-electron chi connectivity index (χ0n) is 13.4. The molecule has 124 valence electrons. The van der Waals surface area contributed by atoms with Crippen molar-refractivity contribution < 1.29 is 14.3 Å². The minimum Gasteiger partial charge on any atom is -0.463 e. The number of hydrogen-bond acceptors (Lipinski definition) is 4. The topological polar surface area (TPSA) is 95.3 Å². The first-order valence-corrected chi connectivity index (χ1v) is 7.56. The van der Waals surface area contributed by atoms with Crippen LogP contribution in [0.25, 0.3) is 10.8 Å². The first-order chi connectivity index (χ1) is 11.4. The average Bonchev–Trinajstić information content (AvgIpc) is 3.00. The summed E-state index contributed by atoms with van der Waals surface area (Å²) in [6.07, 6.45) is 0. The van der Waals surface area contributed by atoms with E-state index in [1.807, 2.05) is 0 Å². The molecule has 1 aromatic carbocycles. The predicted molar refractivity (Wildman–Crippen MR) is 89.9 cm³/mol. The minimum atomic E-state index is -1.35. The molecule has 6 heteroatoms. The molecule has 2 aromatic heterocycles. The Kier molecular flexibility index (Phi) is 3.99. The molecule has 6 nitrogen and oxygen atoms in total. The number of furan rings is 1. The fourth-order valence-electron chi connectivity index (χ4n) is 2.49. The molecule has 0 saturated carbocycles. The molecule has 0 unspecified atom stereocenters. The Morgan fingerprint density at radius 1 is 1.29 bits per heavy atom. The number of fused-ring (bicyclic) bond motifs is 1. The van der Waals surface area contributed by atoms with E-state index in [0.29, 0.717) is 22.3 Å². The van der Waals surface area contributed by atoms with Gasteiger partial charge in [-0.25, -0.2) is 0 Å². The van der Waals surface area contributed by atoms with E-state index in [-0.39, 0.29) is 17.8 Å². The maximum Gasteiger partial charge on any atom is 0.267 e. The normalized spacial score (nSPS) is 13.6. The van der Waals surface area contributed by atoms with Crippen LogP contribution in [0.2, 0.25) is 0 Å². The summed E-state index contributed by atoms with van der Waals surface area (Å²) in [7, 11) is 0. The molecule has 1 amide bonds. The number of hydrogen-bond donors (Lipinski definition) is 3. The second kappa shape index (κ2) is 5.98. The van der Waals surface area contributed by atoms with E-state index in [1.54, 1.807) is 56.3 Å². The highest BCUT2D eigenvalue weighted by molar-refractivity contribution is 5.96. The van der Waals surface area contributed by atoms with Crippen molar-refractivity contribution in [2.45, 2.75) is 19.4 Å². The Morgan fingerprint density at radius 2 is 2.04 bits per heavy atom. The number of rotatable bonds is 4. The smallest absolute Gasteiger partial charge is 0.267 e. The second-order valence-electron chi connectivity index (χ2n) is 5.97. The van der Waals surface area contributed by atoms with Crippen LogP contribution >= 0.6 is 0 Å². The summed E-state index contributed by atoms with van der Waals surface area (Å²) in [5.41, 5.74) is -1.53. The number of carbonyl (C=O) groups excluding carboxylic acids is 1. The van der Waals surface area contributed by atoms with Gasteiger partial charge in [0.25, 0.3) is 11.5 Å². The molecule has 2 heterocycles. The number of aryl methyl sites for hydroxylation is 1. The van der Waals surface area contributed by atoms with Crippen molar-refractivity contribution in [1.29, 1.82) is 0 Å². The van der Waals surface area contributed by atoms with Crippen LogP contribution in [0.4, 0.5) is 0 Å². The van der Waals surface area contributed by atoms with Crippen LogP contribution in [-0.4, -0.2) is 22.5 Å². The Balaban J connectivity index is 1.79. The highest BCUT2D eigenvalue weighted by Gasteiger charge is 2.27. The Labute approximate surface area is 138 Å². The number of benzene rings is 1. The lowest BCUT2D eigenvalue weighted by Crippen LogP contribution is -2.39. The standard InChI is InChI=1S/C18H18N2O4/c1-11-7-8-15(24-11)18(2,23)10-19-17(22)14-9-12-5-3-4-6-13(12)16(21)20-14/h3-9,23H,10H2,1-2H3,(H,19,22)(H,20,21)/t18-/m0/s1. The van der Waals surface area contributed by atoms with Gasteiger partial charge in [0.05, 0.1) is 6.54 Å². The Bertz CT molecular complexity index is 953. The van der Waals surface area contributed by atoms with E-state index < -0.39 is 11.5 Å². The van der Waals surface area contributed by atoms with Crippen LogP contribution in [0.1, 0.15) is 28.9 Å². The molecule has 3 N–H and O–H groups in total. The first-order valence-electron chi connectivity index (χ1n) is 7.56. The molecule has 3 rings (SSSR count). The fourth-order valence-corrected chi connectivity index (χ4v) is 2.49. The Morgan fingerprint density at radius 3 is 2.75 bits per heavy atom. The van der Waals surface area contributed by atoms with Crippen molar-refractivity contribution in [2.75, 3.05) is 6.54 Å². The van der Waals surface area contributed by atoms with Gasteiger partial charge in [-0.05, 0) is 43.5 Å². The van der Waals surface area contributed by atoms with Crippen molar-refractivity contribution in [2.24, 2.45) is 0 Å². The first kappa shape index (κ1) is 16.0. The van der Waals surface area contributed by atoms with Crippen LogP contribution in [0.3, 0.4) is 0 Å². The van der Waals surface area contributed by atoms with Crippen LogP contribution in [0.5, 0.6) is 0 Å². The zero-order chi connectivity index (χ0) is 17.3. The molecule has 1 atom stereocenters. The number of H-pyrrole nitrogens is 1. The quantitative estimate of drug-likeness (QED) is 0.684. The Hall–Kier alpha value is -2.86. The third-order valence-electron chi connectivity index (χ3n) is 3.86. The van der Waals surface area contributed by atoms with E-state index >= 15 is 0 Å². The van der Waals surface area contributed by atoms with Crippen molar-refractivity contribution in [3.05, 3.63) is 70.0 Å². The maximum absolute atomic E-state index is 12.3. The number of aliphatic hydroxyl groups is 1. The van der Waals surface area contributed by atoms with E-state index in [1.165, 1.54) is 0 Å². The van der Waals surface area contributed by atoms with Gasteiger partial charge in [0.15, 0.2) is 0 Å². The summed E-state index contributed by atoms with van der Waals surface area (Å²) >= 11 is 0.